The van der Waals surface area contributed by atoms with Gasteiger partial charge in [0.15, 0.2) is 5.84 Å². The quantitative estimate of drug-likeness (QED) is 0.413. The van der Waals surface area contributed by atoms with Gasteiger partial charge in [-0.2, -0.15) is 13.2 Å². The molecule has 1 heterocycles. The van der Waals surface area contributed by atoms with Crippen LogP contribution in [0, 0.1) is 0 Å². The topological polar surface area (TPSA) is 47.9 Å². The Balaban J connectivity index is 2.28. The summed E-state index contributed by atoms with van der Waals surface area (Å²) in [5.74, 6) is 0.506. The molecule has 0 radical (unpaired) electrons. The number of benzene rings is 1. The molecule has 0 saturated carbocycles. The van der Waals surface area contributed by atoms with E-state index >= 15 is 0 Å². The monoisotopic (exact) mass is 420 g/mol. The molecular formula is C22H27F3N4O. The van der Waals surface area contributed by atoms with Crippen molar-refractivity contribution >= 4 is 17.4 Å². The highest BCUT2D eigenvalue weighted by Crippen LogP contribution is 2.31. The average molecular weight is 420 g/mol. The lowest BCUT2D eigenvalue weighted by molar-refractivity contribution is -0.137. The molecule has 0 aliphatic carbocycles. The molecule has 0 aromatic heterocycles. The summed E-state index contributed by atoms with van der Waals surface area (Å²) in [5, 5.41) is 3.10. The first-order valence-corrected chi connectivity index (χ1v) is 9.80. The summed E-state index contributed by atoms with van der Waals surface area (Å²) in [4.78, 5) is 20.1. The van der Waals surface area contributed by atoms with Gasteiger partial charge in [0.2, 0.25) is 5.91 Å². The van der Waals surface area contributed by atoms with Gasteiger partial charge in [-0.05, 0) is 37.6 Å². The summed E-state index contributed by atoms with van der Waals surface area (Å²) in [6, 6.07) is 5.08. The molecule has 1 aromatic rings. The zero-order valence-corrected chi connectivity index (χ0v) is 17.2. The van der Waals surface area contributed by atoms with Gasteiger partial charge in [-0.15, -0.1) is 0 Å². The van der Waals surface area contributed by atoms with Crippen molar-refractivity contribution in [3.05, 3.63) is 66.5 Å². The Morgan fingerprint density at radius 2 is 1.90 bits per heavy atom. The van der Waals surface area contributed by atoms with Gasteiger partial charge in [-0.25, -0.2) is 4.99 Å². The SMILES string of the molecule is C=CC(=O)N1CCN(C(=N/C=C\C)/C(=C/CC)Nc2cccc(C(F)(F)F)c2)CC1. The van der Waals surface area contributed by atoms with Crippen molar-refractivity contribution in [1.82, 2.24) is 9.80 Å². The summed E-state index contributed by atoms with van der Waals surface area (Å²) < 4.78 is 39.2. The van der Waals surface area contributed by atoms with Gasteiger partial charge in [0.1, 0.15) is 0 Å². The first-order chi connectivity index (χ1) is 14.3. The first kappa shape index (κ1) is 23.3. The number of anilines is 1. The number of hydrogen-bond acceptors (Lipinski definition) is 3. The molecule has 1 N–H and O–H groups in total. The minimum absolute atomic E-state index is 0.118. The highest BCUT2D eigenvalue weighted by molar-refractivity contribution is 6.01. The van der Waals surface area contributed by atoms with Crippen molar-refractivity contribution in [2.45, 2.75) is 26.4 Å². The zero-order chi connectivity index (χ0) is 22.1. The van der Waals surface area contributed by atoms with Crippen LogP contribution >= 0.6 is 0 Å². The summed E-state index contributed by atoms with van der Waals surface area (Å²) in [7, 11) is 0. The maximum Gasteiger partial charge on any atom is 0.416 e. The number of carbonyl (C=O) groups is 1. The van der Waals surface area contributed by atoms with Crippen LogP contribution in [0.3, 0.4) is 0 Å². The smallest absolute Gasteiger partial charge is 0.353 e. The number of nitrogens with zero attached hydrogens (tertiary/aromatic N) is 3. The van der Waals surface area contributed by atoms with Gasteiger partial charge in [0.05, 0.1) is 11.3 Å². The number of piperazine rings is 1. The highest BCUT2D eigenvalue weighted by Gasteiger charge is 2.30. The van der Waals surface area contributed by atoms with Gasteiger partial charge in [0, 0.05) is 38.1 Å². The van der Waals surface area contributed by atoms with Crippen LogP contribution < -0.4 is 5.32 Å². The fraction of sp³-hybridized carbons (Fsp3) is 0.364. The second-order valence-electron chi connectivity index (χ2n) is 6.68. The Bertz CT molecular complexity index is 835. The first-order valence-electron chi connectivity index (χ1n) is 9.80. The second kappa shape index (κ2) is 10.7. The number of alkyl halides is 3. The van der Waals surface area contributed by atoms with Gasteiger partial charge >= 0.3 is 6.18 Å². The van der Waals surface area contributed by atoms with Crippen molar-refractivity contribution in [1.29, 1.82) is 0 Å². The van der Waals surface area contributed by atoms with E-state index in [0.29, 0.717) is 49.8 Å². The summed E-state index contributed by atoms with van der Waals surface area (Å²) in [5.41, 5.74) is 0.239. The highest BCUT2D eigenvalue weighted by atomic mass is 19.4. The molecular weight excluding hydrogens is 393 g/mol. The molecule has 1 aliphatic heterocycles. The van der Waals surface area contributed by atoms with E-state index in [1.807, 2.05) is 24.8 Å². The summed E-state index contributed by atoms with van der Waals surface area (Å²) in [6.07, 6.45) is 2.87. The number of nitrogens with one attached hydrogen (secondary N) is 1. The van der Waals surface area contributed by atoms with Crippen LogP contribution in [0.1, 0.15) is 25.8 Å². The van der Waals surface area contributed by atoms with Crippen LogP contribution in [0.5, 0.6) is 0 Å². The van der Waals surface area contributed by atoms with E-state index in [-0.39, 0.29) is 5.91 Å². The fourth-order valence-corrected chi connectivity index (χ4v) is 3.07. The van der Waals surface area contributed by atoms with Crippen LogP contribution in [-0.2, 0) is 11.0 Å². The van der Waals surface area contributed by atoms with E-state index in [1.165, 1.54) is 12.1 Å². The molecule has 162 valence electrons. The number of amides is 1. The lowest BCUT2D eigenvalue weighted by atomic mass is 10.1. The molecule has 0 spiro atoms. The molecule has 30 heavy (non-hydrogen) atoms. The third kappa shape index (κ3) is 6.23. The number of carbonyl (C=O) groups excluding carboxylic acids is 1. The number of allylic oxidation sites excluding steroid dienone is 2. The summed E-state index contributed by atoms with van der Waals surface area (Å²) in [6.45, 7) is 9.45. The van der Waals surface area contributed by atoms with E-state index in [2.05, 4.69) is 16.9 Å². The van der Waals surface area contributed by atoms with Crippen molar-refractivity contribution < 1.29 is 18.0 Å². The Labute approximate surface area is 175 Å². The van der Waals surface area contributed by atoms with Gasteiger partial charge in [0.25, 0.3) is 0 Å². The maximum atomic E-state index is 13.1. The average Bonchev–Trinajstić information content (AvgIpc) is 2.73. The maximum absolute atomic E-state index is 13.1. The number of rotatable bonds is 6. The molecule has 1 aromatic carbocycles. The number of hydrogen-bond donors (Lipinski definition) is 1. The van der Waals surface area contributed by atoms with Crippen LogP contribution in [0.15, 0.2) is 66.0 Å². The minimum Gasteiger partial charge on any atom is -0.353 e. The minimum atomic E-state index is -4.41. The fourth-order valence-electron chi connectivity index (χ4n) is 3.07. The predicted molar refractivity (Wildman–Crippen MR) is 114 cm³/mol. The summed E-state index contributed by atoms with van der Waals surface area (Å²) >= 11 is 0. The normalized spacial score (nSPS) is 16.2. The van der Waals surface area contributed by atoms with Crippen molar-refractivity contribution in [3.8, 4) is 0 Å². The van der Waals surface area contributed by atoms with E-state index in [0.717, 1.165) is 12.1 Å². The van der Waals surface area contributed by atoms with Crippen LogP contribution in [0.4, 0.5) is 18.9 Å². The largest absolute Gasteiger partial charge is 0.416 e. The van der Waals surface area contributed by atoms with Crippen molar-refractivity contribution in [2.24, 2.45) is 4.99 Å². The molecule has 5 nitrogen and oxygen atoms in total. The molecule has 0 unspecified atom stereocenters. The van der Waals surface area contributed by atoms with E-state index in [9.17, 15) is 18.0 Å². The van der Waals surface area contributed by atoms with Crippen LogP contribution in [0.2, 0.25) is 0 Å². The number of amidine groups is 1. The number of aliphatic imine (C=N–C) groups is 1. The molecule has 2 rings (SSSR count). The van der Waals surface area contributed by atoms with Crippen LogP contribution in [0.25, 0.3) is 0 Å². The molecule has 1 aliphatic rings. The van der Waals surface area contributed by atoms with Gasteiger partial charge < -0.3 is 15.1 Å². The molecule has 1 saturated heterocycles. The Hall–Kier alpha value is -3.03. The lowest BCUT2D eigenvalue weighted by Gasteiger charge is -2.36. The number of halogens is 3. The third-order valence-electron chi connectivity index (χ3n) is 4.53. The van der Waals surface area contributed by atoms with Gasteiger partial charge in [-0.1, -0.05) is 31.7 Å². The second-order valence-corrected chi connectivity index (χ2v) is 6.68. The molecule has 0 atom stereocenters. The molecule has 0 bridgehead atoms. The van der Waals surface area contributed by atoms with E-state index in [4.69, 9.17) is 0 Å². The van der Waals surface area contributed by atoms with E-state index in [1.54, 1.807) is 23.2 Å². The van der Waals surface area contributed by atoms with Crippen molar-refractivity contribution in [3.63, 3.8) is 0 Å². The molecule has 1 fully saturated rings. The zero-order valence-electron chi connectivity index (χ0n) is 17.2. The van der Waals surface area contributed by atoms with Crippen LogP contribution in [-0.4, -0.2) is 47.7 Å². The Morgan fingerprint density at radius 3 is 2.47 bits per heavy atom. The predicted octanol–water partition coefficient (Wildman–Crippen LogP) is 4.67. The standard InChI is InChI=1S/C22H27F3N4O/c1-4-8-19(27-18-10-7-9-17(16-18)22(23,24)25)21(26-11-5-2)29-14-12-28(13-15-29)20(30)6-3/h5-11,16,27H,3-4,12-15H2,1-2H3/b11-5-,19-8-,26-21+. The van der Waals surface area contributed by atoms with Crippen molar-refractivity contribution in [2.75, 3.05) is 31.5 Å². The Morgan fingerprint density at radius 1 is 1.23 bits per heavy atom. The molecule has 1 amide bonds. The van der Waals surface area contributed by atoms with E-state index < -0.39 is 11.7 Å². The molecule has 8 heteroatoms. The third-order valence-corrected chi connectivity index (χ3v) is 4.53. The Kier molecular flexibility index (Phi) is 8.26. The van der Waals surface area contributed by atoms with Gasteiger partial charge in [-0.3, -0.25) is 4.79 Å². The lowest BCUT2D eigenvalue weighted by Crippen LogP contribution is -2.51.